The number of pyridine rings is 1. The second kappa shape index (κ2) is 7.82. The zero-order valence-electron chi connectivity index (χ0n) is 13.2. The summed E-state index contributed by atoms with van der Waals surface area (Å²) in [5.74, 6) is -0.317. The van der Waals surface area contributed by atoms with Crippen LogP contribution in [0.15, 0.2) is 36.7 Å². The zero-order valence-corrected chi connectivity index (χ0v) is 13.2. The molecule has 2 aromatic rings. The van der Waals surface area contributed by atoms with Crippen LogP contribution in [0, 0.1) is 0 Å². The molecule has 0 saturated carbocycles. The highest BCUT2D eigenvalue weighted by Gasteiger charge is 2.18. The van der Waals surface area contributed by atoms with Gasteiger partial charge in [-0.1, -0.05) is 0 Å². The van der Waals surface area contributed by atoms with Crippen molar-refractivity contribution >= 4 is 17.5 Å². The molecule has 8 nitrogen and oxygen atoms in total. The van der Waals surface area contributed by atoms with E-state index >= 15 is 0 Å². The Hall–Kier alpha value is -3.29. The van der Waals surface area contributed by atoms with Gasteiger partial charge in [-0.2, -0.15) is 0 Å². The molecule has 126 valence electrons. The summed E-state index contributed by atoms with van der Waals surface area (Å²) in [7, 11) is 2.83. The number of hydrogen-bond donors (Lipinski definition) is 2. The van der Waals surface area contributed by atoms with Crippen molar-refractivity contribution in [3.05, 3.63) is 42.2 Å². The Balaban J connectivity index is 2.30. The van der Waals surface area contributed by atoms with Gasteiger partial charge in [-0.25, -0.2) is 0 Å². The number of nitrogens with zero attached hydrogens (tertiary/aromatic N) is 1. The molecule has 8 heteroatoms. The number of hydrogen-bond acceptors (Lipinski definition) is 6. The Labute approximate surface area is 138 Å². The Morgan fingerprint density at radius 1 is 1.12 bits per heavy atom. The minimum Gasteiger partial charge on any atom is -0.493 e. The van der Waals surface area contributed by atoms with Gasteiger partial charge in [0.05, 0.1) is 14.2 Å². The maximum absolute atomic E-state index is 12.4. The number of primary amides is 1. The first-order valence-corrected chi connectivity index (χ1v) is 6.93. The molecule has 1 aromatic carbocycles. The molecular formula is C16H17N3O5. The highest BCUT2D eigenvalue weighted by Crippen LogP contribution is 2.38. The van der Waals surface area contributed by atoms with Gasteiger partial charge >= 0.3 is 0 Å². The second-order valence-electron chi connectivity index (χ2n) is 4.65. The Bertz CT molecular complexity index is 709. The molecule has 0 fully saturated rings. The molecule has 2 rings (SSSR count). The molecule has 0 aliphatic rings. The van der Waals surface area contributed by atoms with Crippen molar-refractivity contribution < 1.29 is 23.8 Å². The molecule has 1 aromatic heterocycles. The Morgan fingerprint density at radius 2 is 1.71 bits per heavy atom. The molecule has 0 unspecified atom stereocenters. The van der Waals surface area contributed by atoms with Crippen molar-refractivity contribution in [2.45, 2.75) is 0 Å². The van der Waals surface area contributed by atoms with Crippen molar-refractivity contribution in [3.8, 4) is 17.2 Å². The number of benzene rings is 1. The summed E-state index contributed by atoms with van der Waals surface area (Å²) in [6.45, 7) is -0.338. The summed E-state index contributed by atoms with van der Waals surface area (Å²) in [5.41, 5.74) is 5.97. The average Bonchev–Trinajstić information content (AvgIpc) is 2.59. The maximum atomic E-state index is 12.4. The van der Waals surface area contributed by atoms with E-state index in [1.165, 1.54) is 26.4 Å². The van der Waals surface area contributed by atoms with Crippen LogP contribution in [0.2, 0.25) is 0 Å². The number of nitrogens with two attached hydrogens (primary N) is 1. The van der Waals surface area contributed by atoms with Crippen LogP contribution < -0.4 is 25.3 Å². The fraction of sp³-hybridized carbons (Fsp3) is 0.188. The molecule has 0 bridgehead atoms. The Kier molecular flexibility index (Phi) is 5.56. The minimum absolute atomic E-state index is 0.194. The predicted molar refractivity (Wildman–Crippen MR) is 86.4 cm³/mol. The van der Waals surface area contributed by atoms with Crippen molar-refractivity contribution in [3.63, 3.8) is 0 Å². The number of aromatic nitrogens is 1. The standard InChI is InChI=1S/C16H17N3O5/c1-22-12-7-10(16(21)19-11-3-5-18-6-4-11)8-13(23-2)15(12)24-9-14(17)20/h3-8H,9H2,1-2H3,(H2,17,20)(H,18,19,21). The molecule has 1 heterocycles. The smallest absolute Gasteiger partial charge is 0.255 e. The number of rotatable bonds is 7. The summed E-state index contributed by atoms with van der Waals surface area (Å²) < 4.78 is 15.7. The number of amides is 2. The summed E-state index contributed by atoms with van der Waals surface area (Å²) in [5, 5.41) is 2.73. The highest BCUT2D eigenvalue weighted by atomic mass is 16.5. The van der Waals surface area contributed by atoms with Gasteiger partial charge in [-0.3, -0.25) is 14.6 Å². The number of nitrogens with one attached hydrogen (secondary N) is 1. The normalized spacial score (nSPS) is 9.92. The van der Waals surface area contributed by atoms with E-state index in [-0.39, 0.29) is 29.8 Å². The van der Waals surface area contributed by atoms with E-state index in [1.54, 1.807) is 24.5 Å². The fourth-order valence-corrected chi connectivity index (χ4v) is 1.94. The van der Waals surface area contributed by atoms with Gasteiger partial charge in [0, 0.05) is 23.6 Å². The van der Waals surface area contributed by atoms with Gasteiger partial charge in [0.1, 0.15) is 0 Å². The van der Waals surface area contributed by atoms with Crippen LogP contribution in [-0.4, -0.2) is 37.6 Å². The van der Waals surface area contributed by atoms with E-state index in [1.807, 2.05) is 0 Å². The summed E-state index contributed by atoms with van der Waals surface area (Å²) in [4.78, 5) is 27.1. The number of carbonyl (C=O) groups is 2. The lowest BCUT2D eigenvalue weighted by molar-refractivity contribution is -0.120. The van der Waals surface area contributed by atoms with Crippen LogP contribution >= 0.6 is 0 Å². The lowest BCUT2D eigenvalue weighted by atomic mass is 10.1. The first-order chi connectivity index (χ1) is 11.5. The lowest BCUT2D eigenvalue weighted by Crippen LogP contribution is -2.20. The van der Waals surface area contributed by atoms with Gasteiger partial charge in [-0.15, -0.1) is 0 Å². The third-order valence-corrected chi connectivity index (χ3v) is 3.02. The molecular weight excluding hydrogens is 314 g/mol. The molecule has 0 radical (unpaired) electrons. The van der Waals surface area contributed by atoms with E-state index in [9.17, 15) is 9.59 Å². The quantitative estimate of drug-likeness (QED) is 0.788. The van der Waals surface area contributed by atoms with Crippen LogP contribution in [0.1, 0.15) is 10.4 Å². The lowest BCUT2D eigenvalue weighted by Gasteiger charge is -2.15. The Morgan fingerprint density at radius 3 is 2.21 bits per heavy atom. The minimum atomic E-state index is -0.640. The van der Waals surface area contributed by atoms with Crippen molar-refractivity contribution in [1.82, 2.24) is 4.98 Å². The van der Waals surface area contributed by atoms with E-state index < -0.39 is 5.91 Å². The molecule has 0 atom stereocenters. The fourth-order valence-electron chi connectivity index (χ4n) is 1.94. The third-order valence-electron chi connectivity index (χ3n) is 3.02. The van der Waals surface area contributed by atoms with E-state index in [0.717, 1.165) is 0 Å². The number of anilines is 1. The number of ether oxygens (including phenoxy) is 3. The first kappa shape index (κ1) is 17.1. The van der Waals surface area contributed by atoms with E-state index in [2.05, 4.69) is 10.3 Å². The molecule has 0 spiro atoms. The average molecular weight is 331 g/mol. The first-order valence-electron chi connectivity index (χ1n) is 6.93. The van der Waals surface area contributed by atoms with E-state index in [4.69, 9.17) is 19.9 Å². The van der Waals surface area contributed by atoms with Gasteiger partial charge in [0.25, 0.3) is 11.8 Å². The van der Waals surface area contributed by atoms with Crippen LogP contribution in [0.3, 0.4) is 0 Å². The summed E-state index contributed by atoms with van der Waals surface area (Å²) in [6.07, 6.45) is 3.13. The van der Waals surface area contributed by atoms with Gasteiger partial charge in [0.2, 0.25) is 5.75 Å². The van der Waals surface area contributed by atoms with Gasteiger partial charge < -0.3 is 25.3 Å². The van der Waals surface area contributed by atoms with Crippen LogP contribution in [-0.2, 0) is 4.79 Å². The molecule has 0 aliphatic carbocycles. The summed E-state index contributed by atoms with van der Waals surface area (Å²) >= 11 is 0. The molecule has 0 saturated heterocycles. The molecule has 2 amide bonds. The van der Waals surface area contributed by atoms with Crippen molar-refractivity contribution in [1.29, 1.82) is 0 Å². The monoisotopic (exact) mass is 331 g/mol. The molecule has 3 N–H and O–H groups in total. The van der Waals surface area contributed by atoms with Gasteiger partial charge in [0.15, 0.2) is 18.1 Å². The number of carbonyl (C=O) groups excluding carboxylic acids is 2. The largest absolute Gasteiger partial charge is 0.493 e. The van der Waals surface area contributed by atoms with Crippen molar-refractivity contribution in [2.75, 3.05) is 26.1 Å². The van der Waals surface area contributed by atoms with Crippen LogP contribution in [0.4, 0.5) is 5.69 Å². The third kappa shape index (κ3) is 4.13. The highest BCUT2D eigenvalue weighted by molar-refractivity contribution is 6.05. The maximum Gasteiger partial charge on any atom is 0.255 e. The van der Waals surface area contributed by atoms with Crippen LogP contribution in [0.25, 0.3) is 0 Å². The predicted octanol–water partition coefficient (Wildman–Crippen LogP) is 1.22. The topological polar surface area (TPSA) is 113 Å². The zero-order chi connectivity index (χ0) is 17.5. The number of methoxy groups -OCH3 is 2. The second-order valence-corrected chi connectivity index (χ2v) is 4.65. The van der Waals surface area contributed by atoms with Crippen molar-refractivity contribution in [2.24, 2.45) is 5.73 Å². The SMILES string of the molecule is COc1cc(C(=O)Nc2ccncc2)cc(OC)c1OCC(N)=O. The van der Waals surface area contributed by atoms with Crippen LogP contribution in [0.5, 0.6) is 17.2 Å². The van der Waals surface area contributed by atoms with E-state index in [0.29, 0.717) is 11.3 Å². The summed E-state index contributed by atoms with van der Waals surface area (Å²) in [6, 6.07) is 6.29. The molecule has 24 heavy (non-hydrogen) atoms. The molecule has 0 aliphatic heterocycles. The van der Waals surface area contributed by atoms with Gasteiger partial charge in [-0.05, 0) is 24.3 Å².